The van der Waals surface area contributed by atoms with Crippen LogP contribution in [0.3, 0.4) is 0 Å². The second kappa shape index (κ2) is 11.1. The number of carbonyl (C=O) groups excluding carboxylic acids is 1. The van der Waals surface area contributed by atoms with Crippen LogP contribution >= 0.6 is 39.1 Å². The smallest absolute Gasteiger partial charge is 0.416 e. The number of benzene rings is 3. The van der Waals surface area contributed by atoms with Crippen molar-refractivity contribution in [3.63, 3.8) is 0 Å². The summed E-state index contributed by atoms with van der Waals surface area (Å²) in [5.41, 5.74) is 2.37. The van der Waals surface area contributed by atoms with E-state index < -0.39 is 17.6 Å². The van der Waals surface area contributed by atoms with Crippen molar-refractivity contribution < 1.29 is 27.4 Å². The predicted octanol–water partition coefficient (Wildman–Crippen LogP) is 7.13. The summed E-state index contributed by atoms with van der Waals surface area (Å²) in [6, 6.07) is 12.4. The van der Waals surface area contributed by atoms with E-state index in [-0.39, 0.29) is 12.2 Å². The molecule has 0 aliphatic carbocycles. The van der Waals surface area contributed by atoms with E-state index in [9.17, 15) is 18.0 Å². The van der Waals surface area contributed by atoms with Crippen molar-refractivity contribution in [2.45, 2.75) is 12.8 Å². The number of hydrogen-bond donors (Lipinski definition) is 1. The topological polar surface area (TPSA) is 59.9 Å². The largest absolute Gasteiger partial charge is 0.493 e. The molecule has 3 rings (SSSR count). The Labute approximate surface area is 211 Å². The Kier molecular flexibility index (Phi) is 8.46. The van der Waals surface area contributed by atoms with Crippen molar-refractivity contribution in [3.05, 3.63) is 91.4 Å². The maximum atomic E-state index is 12.8. The molecule has 0 heterocycles. The third-order valence-corrected chi connectivity index (χ3v) is 5.78. The number of alkyl halides is 3. The second-order valence-electron chi connectivity index (χ2n) is 6.83. The molecule has 0 spiro atoms. The van der Waals surface area contributed by atoms with E-state index in [0.717, 1.165) is 23.8 Å². The summed E-state index contributed by atoms with van der Waals surface area (Å²) >= 11 is 15.5. The summed E-state index contributed by atoms with van der Waals surface area (Å²) in [5, 5.41) is 4.80. The van der Waals surface area contributed by atoms with Gasteiger partial charge in [0.05, 0.1) is 18.9 Å². The first-order valence-electron chi connectivity index (χ1n) is 9.53. The van der Waals surface area contributed by atoms with E-state index in [1.807, 2.05) is 0 Å². The van der Waals surface area contributed by atoms with Crippen LogP contribution in [0.4, 0.5) is 13.2 Å². The molecule has 0 unspecified atom stereocenters. The van der Waals surface area contributed by atoms with Gasteiger partial charge in [-0.1, -0.05) is 35.3 Å². The van der Waals surface area contributed by atoms with Gasteiger partial charge in [0.15, 0.2) is 11.5 Å². The molecule has 178 valence electrons. The molecule has 0 radical (unpaired) electrons. The monoisotopic (exact) mass is 574 g/mol. The number of methoxy groups -OCH3 is 1. The number of ether oxygens (including phenoxy) is 2. The van der Waals surface area contributed by atoms with Gasteiger partial charge in [0, 0.05) is 31.2 Å². The number of carbonyl (C=O) groups is 1. The first-order valence-corrected chi connectivity index (χ1v) is 11.1. The first kappa shape index (κ1) is 25.9. The van der Waals surface area contributed by atoms with Crippen molar-refractivity contribution in [1.29, 1.82) is 0 Å². The highest BCUT2D eigenvalue weighted by Gasteiger charge is 2.30. The minimum Gasteiger partial charge on any atom is -0.493 e. The number of hydrazone groups is 1. The van der Waals surface area contributed by atoms with Crippen LogP contribution in [0.5, 0.6) is 11.5 Å². The van der Waals surface area contributed by atoms with Gasteiger partial charge in [0.25, 0.3) is 5.91 Å². The average molecular weight is 576 g/mol. The van der Waals surface area contributed by atoms with Crippen LogP contribution in [0, 0.1) is 0 Å². The fourth-order valence-corrected chi connectivity index (χ4v) is 3.67. The van der Waals surface area contributed by atoms with Crippen molar-refractivity contribution in [3.8, 4) is 11.5 Å². The molecule has 0 saturated carbocycles. The summed E-state index contributed by atoms with van der Waals surface area (Å²) in [7, 11) is 1.46. The van der Waals surface area contributed by atoms with E-state index in [2.05, 4.69) is 26.5 Å². The fourth-order valence-electron chi connectivity index (χ4n) is 2.78. The fraction of sp³-hybridized carbons (Fsp3) is 0.130. The van der Waals surface area contributed by atoms with Crippen molar-refractivity contribution in [1.82, 2.24) is 5.43 Å². The number of rotatable bonds is 7. The molecule has 0 fully saturated rings. The Bertz CT molecular complexity index is 1240. The quantitative estimate of drug-likeness (QED) is 0.241. The zero-order valence-corrected chi connectivity index (χ0v) is 20.5. The Balaban J connectivity index is 1.71. The van der Waals surface area contributed by atoms with Gasteiger partial charge in [-0.05, 0) is 58.4 Å². The van der Waals surface area contributed by atoms with Crippen LogP contribution in [-0.4, -0.2) is 19.2 Å². The number of nitrogens with zero attached hydrogens (tertiary/aromatic N) is 1. The van der Waals surface area contributed by atoms with Crippen LogP contribution < -0.4 is 14.9 Å². The number of hydrogen-bond acceptors (Lipinski definition) is 4. The lowest BCUT2D eigenvalue weighted by atomic mass is 10.1. The molecular formula is C23H16BrCl2F3N2O3. The maximum Gasteiger partial charge on any atom is 0.416 e. The van der Waals surface area contributed by atoms with E-state index >= 15 is 0 Å². The van der Waals surface area contributed by atoms with E-state index in [1.165, 1.54) is 19.4 Å². The molecule has 0 aromatic heterocycles. The molecule has 0 bridgehead atoms. The van der Waals surface area contributed by atoms with E-state index in [4.69, 9.17) is 32.7 Å². The molecule has 34 heavy (non-hydrogen) atoms. The van der Waals surface area contributed by atoms with Gasteiger partial charge in [-0.25, -0.2) is 5.43 Å². The zero-order valence-electron chi connectivity index (χ0n) is 17.4. The number of amides is 1. The lowest BCUT2D eigenvalue weighted by molar-refractivity contribution is -0.137. The van der Waals surface area contributed by atoms with Crippen LogP contribution in [0.1, 0.15) is 27.0 Å². The molecule has 11 heteroatoms. The lowest BCUT2D eigenvalue weighted by Crippen LogP contribution is -2.18. The maximum absolute atomic E-state index is 12.8. The zero-order chi connectivity index (χ0) is 24.9. The minimum absolute atomic E-state index is 0.166. The van der Waals surface area contributed by atoms with Crippen molar-refractivity contribution in [2.75, 3.05) is 7.11 Å². The van der Waals surface area contributed by atoms with Gasteiger partial charge < -0.3 is 9.47 Å². The molecule has 0 saturated heterocycles. The standard InChI is InChI=1S/C23H16BrCl2F3N2O3/c1-33-20-8-15(11-30-31-22(32)13-3-2-4-16(7-13)23(27,28)29)18(24)10-21(20)34-12-14-5-6-17(25)9-19(14)26/h2-11H,12H2,1H3,(H,31,32)/b30-11-. The summed E-state index contributed by atoms with van der Waals surface area (Å²) in [4.78, 5) is 12.2. The molecule has 3 aromatic rings. The Morgan fingerprint density at radius 2 is 1.88 bits per heavy atom. The molecule has 0 atom stereocenters. The molecule has 1 amide bonds. The SMILES string of the molecule is COc1cc(/C=N\NC(=O)c2cccc(C(F)(F)F)c2)c(Br)cc1OCc1ccc(Cl)cc1Cl. The van der Waals surface area contributed by atoms with Crippen LogP contribution in [-0.2, 0) is 12.8 Å². The summed E-state index contributed by atoms with van der Waals surface area (Å²) < 4.78 is 50.3. The predicted molar refractivity (Wildman–Crippen MR) is 128 cm³/mol. The Morgan fingerprint density at radius 1 is 1.12 bits per heavy atom. The van der Waals surface area contributed by atoms with E-state index in [0.29, 0.717) is 31.6 Å². The molecular weight excluding hydrogens is 560 g/mol. The van der Waals surface area contributed by atoms with Gasteiger partial charge in [0.2, 0.25) is 0 Å². The number of nitrogens with one attached hydrogen (secondary N) is 1. The van der Waals surface area contributed by atoms with Gasteiger partial charge in [-0.2, -0.15) is 18.3 Å². The van der Waals surface area contributed by atoms with E-state index in [1.54, 1.807) is 30.3 Å². The summed E-state index contributed by atoms with van der Waals surface area (Å²) in [5.74, 6) is 0.0229. The third kappa shape index (κ3) is 6.65. The minimum atomic E-state index is -4.55. The second-order valence-corrected chi connectivity index (χ2v) is 8.52. The molecule has 1 N–H and O–H groups in total. The van der Waals surface area contributed by atoms with Crippen LogP contribution in [0.25, 0.3) is 0 Å². The van der Waals surface area contributed by atoms with Gasteiger partial charge in [0.1, 0.15) is 6.61 Å². The normalized spacial score (nSPS) is 11.5. The molecule has 0 aliphatic heterocycles. The Morgan fingerprint density at radius 3 is 2.56 bits per heavy atom. The third-order valence-electron chi connectivity index (χ3n) is 4.50. The lowest BCUT2D eigenvalue weighted by Gasteiger charge is -2.13. The van der Waals surface area contributed by atoms with Gasteiger partial charge in [-0.3, -0.25) is 4.79 Å². The summed E-state index contributed by atoms with van der Waals surface area (Å²) in [6.45, 7) is 0.166. The van der Waals surface area contributed by atoms with Crippen molar-refractivity contribution in [2.24, 2.45) is 5.10 Å². The molecule has 5 nitrogen and oxygen atoms in total. The van der Waals surface area contributed by atoms with Crippen molar-refractivity contribution >= 4 is 51.3 Å². The highest BCUT2D eigenvalue weighted by Crippen LogP contribution is 2.34. The van der Waals surface area contributed by atoms with Crippen LogP contribution in [0.2, 0.25) is 10.0 Å². The number of halogens is 6. The highest BCUT2D eigenvalue weighted by molar-refractivity contribution is 9.10. The summed E-state index contributed by atoms with van der Waals surface area (Å²) in [6.07, 6.45) is -3.23. The average Bonchev–Trinajstić information content (AvgIpc) is 2.79. The first-order chi connectivity index (χ1) is 16.1. The van der Waals surface area contributed by atoms with Gasteiger partial charge >= 0.3 is 6.18 Å². The molecule has 0 aliphatic rings. The van der Waals surface area contributed by atoms with Crippen LogP contribution in [0.15, 0.2) is 64.2 Å². The highest BCUT2D eigenvalue weighted by atomic mass is 79.9. The van der Waals surface area contributed by atoms with Gasteiger partial charge in [-0.15, -0.1) is 0 Å². The Hall–Kier alpha value is -2.75. The molecule has 3 aromatic carbocycles.